The van der Waals surface area contributed by atoms with Crippen molar-refractivity contribution >= 4 is 5.97 Å². The van der Waals surface area contributed by atoms with Gasteiger partial charge in [0.2, 0.25) is 0 Å². The summed E-state index contributed by atoms with van der Waals surface area (Å²) in [4.78, 5) is 12.2. The van der Waals surface area contributed by atoms with Crippen LogP contribution in [0.4, 0.5) is 0 Å². The monoisotopic (exact) mass is 306 g/mol. The Bertz CT molecular complexity index is 555. The zero-order valence-electron chi connectivity index (χ0n) is 14.4. The van der Waals surface area contributed by atoms with Crippen molar-refractivity contribution in [1.82, 2.24) is 0 Å². The lowest BCUT2D eigenvalue weighted by molar-refractivity contribution is -0.142. The first-order chi connectivity index (χ1) is 10.1. The van der Waals surface area contributed by atoms with Gasteiger partial charge in [-0.2, -0.15) is 0 Å². The van der Waals surface area contributed by atoms with E-state index in [9.17, 15) is 4.79 Å². The summed E-state index contributed by atoms with van der Waals surface area (Å²) >= 11 is 0. The minimum absolute atomic E-state index is 0.0626. The van der Waals surface area contributed by atoms with Crippen molar-refractivity contribution in [3.8, 4) is 0 Å². The summed E-state index contributed by atoms with van der Waals surface area (Å²) < 4.78 is 16.4. The van der Waals surface area contributed by atoms with Crippen LogP contribution in [0.5, 0.6) is 0 Å². The first-order valence-electron chi connectivity index (χ1n) is 7.68. The molecule has 1 atom stereocenters. The number of carbonyl (C=O) groups excluding carboxylic acids is 1. The van der Waals surface area contributed by atoms with Gasteiger partial charge in [-0.15, -0.1) is 0 Å². The highest BCUT2D eigenvalue weighted by Gasteiger charge is 2.33. The third-order valence-electron chi connectivity index (χ3n) is 3.74. The summed E-state index contributed by atoms with van der Waals surface area (Å²) in [6.45, 7) is 12.9. The van der Waals surface area contributed by atoms with E-state index >= 15 is 0 Å². The number of hydrogen-bond acceptors (Lipinski definition) is 4. The van der Waals surface area contributed by atoms with Crippen LogP contribution in [0.15, 0.2) is 18.2 Å². The minimum Gasteiger partial charge on any atom is -0.459 e. The van der Waals surface area contributed by atoms with E-state index in [0.29, 0.717) is 12.2 Å². The van der Waals surface area contributed by atoms with Crippen LogP contribution in [0.2, 0.25) is 0 Å². The van der Waals surface area contributed by atoms with Gasteiger partial charge in [0.15, 0.2) is 5.79 Å². The lowest BCUT2D eigenvalue weighted by atomic mass is 9.83. The molecule has 0 aliphatic carbocycles. The van der Waals surface area contributed by atoms with Crippen LogP contribution in [0.3, 0.4) is 0 Å². The summed E-state index contributed by atoms with van der Waals surface area (Å²) in [5, 5.41) is 0. The number of ether oxygens (including phenoxy) is 3. The number of esters is 1. The van der Waals surface area contributed by atoms with Gasteiger partial charge in [0.1, 0.15) is 12.7 Å². The number of carbonyl (C=O) groups is 1. The van der Waals surface area contributed by atoms with Crippen molar-refractivity contribution < 1.29 is 19.0 Å². The standard InChI is InChI=1S/C18H26O4/c1-12-9-13(7-8-15(12)17(2,3)4)16(19)20-10-14-11-21-18(5,6)22-14/h7-9,14H,10-11H2,1-6H3. The van der Waals surface area contributed by atoms with Crippen molar-refractivity contribution in [2.75, 3.05) is 13.2 Å². The third-order valence-corrected chi connectivity index (χ3v) is 3.74. The average Bonchev–Trinajstić information content (AvgIpc) is 2.74. The van der Waals surface area contributed by atoms with Crippen LogP contribution in [0.1, 0.15) is 56.1 Å². The van der Waals surface area contributed by atoms with Gasteiger partial charge in [-0.1, -0.05) is 26.8 Å². The van der Waals surface area contributed by atoms with Crippen molar-refractivity contribution in [1.29, 1.82) is 0 Å². The summed E-state index contributed by atoms with van der Waals surface area (Å²) in [5.74, 6) is -0.918. The molecule has 0 bridgehead atoms. The van der Waals surface area contributed by atoms with E-state index in [1.165, 1.54) is 5.56 Å². The van der Waals surface area contributed by atoms with Gasteiger partial charge in [0.05, 0.1) is 12.2 Å². The maximum absolute atomic E-state index is 12.2. The predicted octanol–water partition coefficient (Wildman–Crippen LogP) is 3.60. The fourth-order valence-corrected chi connectivity index (χ4v) is 2.73. The third kappa shape index (κ3) is 4.08. The molecule has 0 spiro atoms. The Balaban J connectivity index is 1.97. The van der Waals surface area contributed by atoms with Crippen molar-refractivity contribution in [2.45, 2.75) is 58.8 Å². The molecule has 0 amide bonds. The molecule has 0 saturated carbocycles. The molecule has 1 unspecified atom stereocenters. The smallest absolute Gasteiger partial charge is 0.338 e. The molecule has 4 heteroatoms. The molecule has 1 aliphatic rings. The summed E-state index contributed by atoms with van der Waals surface area (Å²) in [6, 6.07) is 5.72. The molecule has 1 aromatic rings. The molecule has 1 heterocycles. The Morgan fingerprint density at radius 3 is 2.55 bits per heavy atom. The van der Waals surface area contributed by atoms with Crippen LogP contribution in [0.25, 0.3) is 0 Å². The van der Waals surface area contributed by atoms with Gasteiger partial charge in [-0.3, -0.25) is 0 Å². The van der Waals surface area contributed by atoms with Crippen LogP contribution >= 0.6 is 0 Å². The topological polar surface area (TPSA) is 44.8 Å². The van der Waals surface area contributed by atoms with Gasteiger partial charge in [0.25, 0.3) is 0 Å². The van der Waals surface area contributed by atoms with E-state index in [1.54, 1.807) is 0 Å². The number of aryl methyl sites for hydroxylation is 1. The molecule has 1 fully saturated rings. The van der Waals surface area contributed by atoms with E-state index in [0.717, 1.165) is 5.56 Å². The molecule has 1 aliphatic heterocycles. The number of benzene rings is 1. The van der Waals surface area contributed by atoms with Crippen LogP contribution in [0, 0.1) is 6.92 Å². The fourth-order valence-electron chi connectivity index (χ4n) is 2.73. The molecule has 4 nitrogen and oxygen atoms in total. The molecule has 1 saturated heterocycles. The van der Waals surface area contributed by atoms with Gasteiger partial charge < -0.3 is 14.2 Å². The first kappa shape index (κ1) is 17.0. The summed E-state index contributed by atoms with van der Waals surface area (Å²) in [7, 11) is 0. The molecular weight excluding hydrogens is 280 g/mol. The van der Waals surface area contributed by atoms with E-state index < -0.39 is 5.79 Å². The summed E-state index contributed by atoms with van der Waals surface area (Å²) in [6.07, 6.45) is -0.200. The van der Waals surface area contributed by atoms with E-state index in [-0.39, 0.29) is 24.1 Å². The molecule has 0 aromatic heterocycles. The molecule has 0 N–H and O–H groups in total. The van der Waals surface area contributed by atoms with Crippen molar-refractivity contribution in [3.05, 3.63) is 34.9 Å². The normalized spacial score (nSPS) is 20.9. The minimum atomic E-state index is -0.595. The lowest BCUT2D eigenvalue weighted by Gasteiger charge is -2.22. The number of rotatable bonds is 3. The van der Waals surface area contributed by atoms with Crippen LogP contribution in [-0.2, 0) is 19.6 Å². The zero-order valence-corrected chi connectivity index (χ0v) is 14.4. The van der Waals surface area contributed by atoms with Crippen LogP contribution < -0.4 is 0 Å². The molecular formula is C18H26O4. The van der Waals surface area contributed by atoms with Crippen molar-refractivity contribution in [2.24, 2.45) is 0 Å². The SMILES string of the molecule is Cc1cc(C(=O)OCC2COC(C)(C)O2)ccc1C(C)(C)C. The first-order valence-corrected chi connectivity index (χ1v) is 7.68. The van der Waals surface area contributed by atoms with E-state index in [2.05, 4.69) is 20.8 Å². The van der Waals surface area contributed by atoms with Gasteiger partial charge in [0, 0.05) is 0 Å². The second kappa shape index (κ2) is 6.01. The Kier molecular flexibility index (Phi) is 4.64. The molecule has 1 aromatic carbocycles. The Labute approximate surface area is 132 Å². The Morgan fingerprint density at radius 2 is 2.05 bits per heavy atom. The van der Waals surface area contributed by atoms with Crippen LogP contribution in [-0.4, -0.2) is 31.1 Å². The highest BCUT2D eigenvalue weighted by atomic mass is 16.7. The Morgan fingerprint density at radius 1 is 1.36 bits per heavy atom. The highest BCUT2D eigenvalue weighted by molar-refractivity contribution is 5.89. The quantitative estimate of drug-likeness (QED) is 0.800. The fraction of sp³-hybridized carbons (Fsp3) is 0.611. The highest BCUT2D eigenvalue weighted by Crippen LogP contribution is 2.26. The molecule has 122 valence electrons. The maximum Gasteiger partial charge on any atom is 0.338 e. The second-order valence-electron chi connectivity index (χ2n) is 7.33. The lowest BCUT2D eigenvalue weighted by Crippen LogP contribution is -2.25. The van der Waals surface area contributed by atoms with Gasteiger partial charge in [-0.05, 0) is 49.4 Å². The maximum atomic E-state index is 12.2. The van der Waals surface area contributed by atoms with Crippen molar-refractivity contribution in [3.63, 3.8) is 0 Å². The number of hydrogen-bond donors (Lipinski definition) is 0. The Hall–Kier alpha value is -1.39. The molecule has 0 radical (unpaired) electrons. The molecule has 2 rings (SSSR count). The van der Waals surface area contributed by atoms with E-state index in [1.807, 2.05) is 39.0 Å². The average molecular weight is 306 g/mol. The van der Waals surface area contributed by atoms with E-state index in [4.69, 9.17) is 14.2 Å². The predicted molar refractivity (Wildman–Crippen MR) is 85.1 cm³/mol. The molecule has 22 heavy (non-hydrogen) atoms. The van der Waals surface area contributed by atoms with Gasteiger partial charge >= 0.3 is 5.97 Å². The second-order valence-corrected chi connectivity index (χ2v) is 7.33. The largest absolute Gasteiger partial charge is 0.459 e. The van der Waals surface area contributed by atoms with Gasteiger partial charge in [-0.25, -0.2) is 4.79 Å². The zero-order chi connectivity index (χ0) is 16.5. The summed E-state index contributed by atoms with van der Waals surface area (Å²) in [5.41, 5.74) is 2.97.